The molecular weight excluding hydrogens is 473 g/mol. The Hall–Kier alpha value is -4.09. The van der Waals surface area contributed by atoms with E-state index < -0.39 is 11.8 Å². The van der Waals surface area contributed by atoms with Crippen molar-refractivity contribution >= 4 is 40.8 Å². The van der Waals surface area contributed by atoms with Crippen molar-refractivity contribution in [2.75, 3.05) is 30.8 Å². The Balaban J connectivity index is 0.000000485. The summed E-state index contributed by atoms with van der Waals surface area (Å²) >= 11 is 4.92. The monoisotopic (exact) mass is 497 g/mol. The quantitative estimate of drug-likeness (QED) is 0.298. The van der Waals surface area contributed by atoms with Gasteiger partial charge in [-0.15, -0.1) is 0 Å². The van der Waals surface area contributed by atoms with E-state index in [4.69, 9.17) is 22.1 Å². The molecule has 1 aromatic heterocycles. The number of rotatable bonds is 6. The Kier molecular flexibility index (Phi) is 8.65. The lowest BCUT2D eigenvalue weighted by Gasteiger charge is -2.16. The zero-order valence-corrected chi connectivity index (χ0v) is 19.9. The molecule has 0 unspecified atom stereocenters. The fourth-order valence-corrected chi connectivity index (χ4v) is 3.05. The van der Waals surface area contributed by atoms with E-state index >= 15 is 0 Å². The van der Waals surface area contributed by atoms with Crippen molar-refractivity contribution in [1.29, 1.82) is 0 Å². The van der Waals surface area contributed by atoms with Gasteiger partial charge in [0.15, 0.2) is 16.7 Å². The van der Waals surface area contributed by atoms with E-state index in [1.807, 2.05) is 0 Å². The van der Waals surface area contributed by atoms with E-state index in [0.29, 0.717) is 5.69 Å². The van der Waals surface area contributed by atoms with Crippen molar-refractivity contribution < 1.29 is 23.8 Å². The smallest absolute Gasteiger partial charge is 0.322 e. The van der Waals surface area contributed by atoms with E-state index in [1.165, 1.54) is 60.5 Å². The second-order valence-corrected chi connectivity index (χ2v) is 7.82. The number of aliphatic hydroxyl groups is 1. The number of pyridine rings is 1. The molecule has 1 heterocycles. The highest BCUT2D eigenvalue weighted by atomic mass is 32.1. The van der Waals surface area contributed by atoms with Crippen LogP contribution in [-0.4, -0.2) is 52.2 Å². The first-order valence-corrected chi connectivity index (χ1v) is 10.9. The first-order valence-electron chi connectivity index (χ1n) is 10.5. The molecule has 2 aliphatic carbocycles. The van der Waals surface area contributed by atoms with Crippen LogP contribution in [0.2, 0.25) is 0 Å². The predicted molar refractivity (Wildman–Crippen MR) is 135 cm³/mol. The van der Waals surface area contributed by atoms with Crippen LogP contribution >= 0.6 is 12.2 Å². The molecule has 0 aliphatic heterocycles. The highest BCUT2D eigenvalue weighted by Gasteiger charge is 2.11. The van der Waals surface area contributed by atoms with Crippen LogP contribution in [0.15, 0.2) is 60.8 Å². The van der Waals surface area contributed by atoms with Crippen molar-refractivity contribution in [2.24, 2.45) is 0 Å². The largest absolute Gasteiger partial charge is 0.454 e. The van der Waals surface area contributed by atoms with Crippen LogP contribution in [0, 0.1) is 5.82 Å². The lowest BCUT2D eigenvalue weighted by Crippen LogP contribution is -2.33. The van der Waals surface area contributed by atoms with Gasteiger partial charge < -0.3 is 25.4 Å². The van der Waals surface area contributed by atoms with Gasteiger partial charge in [-0.3, -0.25) is 10.1 Å². The van der Waals surface area contributed by atoms with E-state index in [-0.39, 0.29) is 41.5 Å². The van der Waals surface area contributed by atoms with Crippen molar-refractivity contribution in [3.8, 4) is 22.6 Å². The summed E-state index contributed by atoms with van der Waals surface area (Å²) in [5, 5.41) is 16.5. The highest BCUT2D eigenvalue weighted by molar-refractivity contribution is 7.80. The number of carbonyl (C=O) groups is 2. The van der Waals surface area contributed by atoms with Gasteiger partial charge in [-0.2, -0.15) is 0 Å². The molecule has 11 heteroatoms. The zero-order valence-electron chi connectivity index (χ0n) is 19.0. The fraction of sp³-hybridized carbons (Fsp3) is 0.167. The van der Waals surface area contributed by atoms with Gasteiger partial charge >= 0.3 is 6.03 Å². The molecule has 0 radical (unpaired) electrons. The van der Waals surface area contributed by atoms with Gasteiger partial charge in [-0.05, 0) is 47.6 Å². The number of carbonyl (C=O) groups excluding carboxylic acids is 2. The van der Waals surface area contributed by atoms with Crippen LogP contribution < -0.4 is 20.7 Å². The Morgan fingerprint density at radius 1 is 1.11 bits per heavy atom. The maximum absolute atomic E-state index is 14.3. The Morgan fingerprint density at radius 3 is 2.43 bits per heavy atom. The van der Waals surface area contributed by atoms with E-state index in [1.54, 1.807) is 0 Å². The van der Waals surface area contributed by atoms with Gasteiger partial charge in [-0.1, -0.05) is 18.2 Å². The van der Waals surface area contributed by atoms with Crippen LogP contribution in [0.5, 0.6) is 11.5 Å². The number of hydrogen-bond donors (Lipinski definition) is 4. The normalized spacial score (nSPS) is 10.3. The van der Waals surface area contributed by atoms with E-state index in [2.05, 4.69) is 45.2 Å². The molecule has 0 atom stereocenters. The molecule has 2 aliphatic rings. The molecule has 2 aromatic rings. The molecule has 1 aromatic carbocycles. The zero-order chi connectivity index (χ0) is 25.4. The summed E-state index contributed by atoms with van der Waals surface area (Å²) in [5.74, 6) is -0.594. The standard InChI is InChI=1S/C18H20FN5O4S.C6H4/c1-11(26)21-17(29)22-12-3-4-15(14(19)9-12)28-13-5-6-20-16(10-13)23-18(27)24(2)7-8-25;1-2-5-4-6(5)3-1/h3-6,9-10,25H,7-8H2,1-2H3,(H,20,23,27)(H2,21,22,26,29);1-4H. The molecule has 0 saturated carbocycles. The van der Waals surface area contributed by atoms with Gasteiger partial charge in [0.2, 0.25) is 5.91 Å². The van der Waals surface area contributed by atoms with Gasteiger partial charge in [0.1, 0.15) is 11.6 Å². The minimum absolute atomic E-state index is 0.0475. The van der Waals surface area contributed by atoms with Crippen molar-refractivity contribution in [3.05, 3.63) is 66.6 Å². The summed E-state index contributed by atoms with van der Waals surface area (Å²) in [6.07, 6.45) is 1.40. The number of benzene rings is 2. The summed E-state index contributed by atoms with van der Waals surface area (Å²) in [6, 6.07) is 15.0. The molecule has 35 heavy (non-hydrogen) atoms. The van der Waals surface area contributed by atoms with Crippen molar-refractivity contribution in [2.45, 2.75) is 6.92 Å². The number of nitrogens with zero attached hydrogens (tertiary/aromatic N) is 2. The van der Waals surface area contributed by atoms with Crippen LogP contribution in [0.4, 0.5) is 20.7 Å². The second kappa shape index (κ2) is 11.9. The molecule has 0 saturated heterocycles. The molecule has 3 amide bonds. The summed E-state index contributed by atoms with van der Waals surface area (Å²) < 4.78 is 19.9. The summed E-state index contributed by atoms with van der Waals surface area (Å²) in [7, 11) is 1.52. The minimum Gasteiger partial charge on any atom is -0.454 e. The summed E-state index contributed by atoms with van der Waals surface area (Å²) in [5.41, 5.74) is 3.19. The number of hydrogen-bond acceptors (Lipinski definition) is 6. The van der Waals surface area contributed by atoms with Crippen LogP contribution in [0.3, 0.4) is 0 Å². The summed E-state index contributed by atoms with van der Waals surface area (Å²) in [6.45, 7) is 1.31. The van der Waals surface area contributed by atoms with Gasteiger partial charge in [-0.25, -0.2) is 14.2 Å². The van der Waals surface area contributed by atoms with Gasteiger partial charge in [0.25, 0.3) is 0 Å². The second-order valence-electron chi connectivity index (χ2n) is 7.42. The minimum atomic E-state index is -0.661. The number of fused-ring (bicyclic) bond motifs is 1. The third-order valence-electron chi connectivity index (χ3n) is 4.57. The number of ether oxygens (including phenoxy) is 1. The first-order chi connectivity index (χ1) is 16.7. The lowest BCUT2D eigenvalue weighted by atomic mass is 10.3. The first kappa shape index (κ1) is 25.5. The fourth-order valence-electron chi connectivity index (χ4n) is 2.79. The topological polar surface area (TPSA) is 116 Å². The number of halogens is 1. The molecule has 4 rings (SSSR count). The average molecular weight is 498 g/mol. The predicted octanol–water partition coefficient (Wildman–Crippen LogP) is 3.97. The lowest BCUT2D eigenvalue weighted by molar-refractivity contribution is -0.117. The molecule has 0 bridgehead atoms. The van der Waals surface area contributed by atoms with Gasteiger partial charge in [0.05, 0.1) is 6.61 Å². The summed E-state index contributed by atoms with van der Waals surface area (Å²) in [4.78, 5) is 28.2. The Morgan fingerprint density at radius 2 is 1.86 bits per heavy atom. The molecule has 9 nitrogen and oxygen atoms in total. The Labute approximate surface area is 206 Å². The molecular formula is C24H24FN5O4S. The van der Waals surface area contributed by atoms with Crippen LogP contribution in [-0.2, 0) is 4.79 Å². The number of urea groups is 1. The third kappa shape index (κ3) is 8.02. The van der Waals surface area contributed by atoms with Crippen molar-refractivity contribution in [3.63, 3.8) is 0 Å². The van der Waals surface area contributed by atoms with E-state index in [9.17, 15) is 14.0 Å². The number of aliphatic hydroxyl groups excluding tert-OH is 1. The van der Waals surface area contributed by atoms with Crippen LogP contribution in [0.25, 0.3) is 11.1 Å². The highest BCUT2D eigenvalue weighted by Crippen LogP contribution is 2.32. The van der Waals surface area contributed by atoms with Gasteiger partial charge in [0, 0.05) is 44.5 Å². The van der Waals surface area contributed by atoms with E-state index in [0.717, 1.165) is 6.07 Å². The molecule has 0 spiro atoms. The number of amides is 3. The Bertz CT molecular complexity index is 1220. The molecule has 182 valence electrons. The third-order valence-corrected chi connectivity index (χ3v) is 4.77. The maximum Gasteiger partial charge on any atom is 0.322 e. The molecule has 4 N–H and O–H groups in total. The van der Waals surface area contributed by atoms with Crippen molar-refractivity contribution in [1.82, 2.24) is 15.2 Å². The SMILES string of the molecule is CC(=O)NC(=S)Nc1ccc(Oc2ccnc(NC(=O)N(C)CCO)c2)c(F)c1.c1cc2cc-2c1. The van der Waals surface area contributed by atoms with Crippen LogP contribution in [0.1, 0.15) is 6.92 Å². The number of thiocarbonyl (C=S) groups is 1. The number of aromatic nitrogens is 1. The maximum atomic E-state index is 14.3. The average Bonchev–Trinajstić information content (AvgIpc) is 3.40. The number of nitrogens with one attached hydrogen (secondary N) is 3. The molecule has 0 fully saturated rings. The number of anilines is 2. The number of likely N-dealkylation sites (N-methyl/N-ethyl adjacent to an activating group) is 1.